The van der Waals surface area contributed by atoms with Crippen LogP contribution in [0.25, 0.3) is 11.1 Å². The van der Waals surface area contributed by atoms with Crippen molar-refractivity contribution in [2.75, 3.05) is 13.7 Å². The Labute approximate surface area is 172 Å². The number of methoxy groups -OCH3 is 1. The molecular formula is C22H22F3N3O2. The van der Waals surface area contributed by atoms with Crippen LogP contribution in [0.15, 0.2) is 60.9 Å². The lowest BCUT2D eigenvalue weighted by Gasteiger charge is -2.15. The minimum Gasteiger partial charge on any atom is -0.481 e. The van der Waals surface area contributed by atoms with E-state index < -0.39 is 12.8 Å². The average Bonchev–Trinajstić information content (AvgIpc) is 2.76. The lowest BCUT2D eigenvalue weighted by Crippen LogP contribution is -2.19. The molecule has 0 aliphatic carbocycles. The van der Waals surface area contributed by atoms with Gasteiger partial charge < -0.3 is 14.8 Å². The zero-order valence-electron chi connectivity index (χ0n) is 16.6. The summed E-state index contributed by atoms with van der Waals surface area (Å²) in [7, 11) is 1.51. The predicted molar refractivity (Wildman–Crippen MR) is 107 cm³/mol. The first kappa shape index (κ1) is 21.6. The van der Waals surface area contributed by atoms with Crippen LogP contribution in [-0.4, -0.2) is 29.9 Å². The molecule has 3 rings (SSSR count). The number of pyridine rings is 2. The Hall–Kier alpha value is -3.13. The molecule has 0 saturated heterocycles. The van der Waals surface area contributed by atoms with Crippen LogP contribution in [0.2, 0.25) is 0 Å². The second-order valence-corrected chi connectivity index (χ2v) is 6.70. The normalized spacial score (nSPS) is 12.4. The SMILES string of the molecule is COc1ncc(CN[C@H](C)c2ccccc2)cc1-c1ccc(OCC(F)(F)F)nc1. The third-order valence-electron chi connectivity index (χ3n) is 4.44. The summed E-state index contributed by atoms with van der Waals surface area (Å²) in [6.45, 7) is 1.28. The van der Waals surface area contributed by atoms with Gasteiger partial charge in [0.2, 0.25) is 11.8 Å². The van der Waals surface area contributed by atoms with Crippen LogP contribution < -0.4 is 14.8 Å². The number of aromatic nitrogens is 2. The minimum absolute atomic E-state index is 0.0995. The Morgan fingerprint density at radius 1 is 1.03 bits per heavy atom. The second-order valence-electron chi connectivity index (χ2n) is 6.70. The topological polar surface area (TPSA) is 56.3 Å². The van der Waals surface area contributed by atoms with Gasteiger partial charge in [0.1, 0.15) is 0 Å². The van der Waals surface area contributed by atoms with Gasteiger partial charge in [0.05, 0.1) is 7.11 Å². The lowest BCUT2D eigenvalue weighted by molar-refractivity contribution is -0.154. The molecule has 0 radical (unpaired) electrons. The smallest absolute Gasteiger partial charge is 0.422 e. The van der Waals surface area contributed by atoms with Gasteiger partial charge in [-0.15, -0.1) is 0 Å². The third-order valence-corrected chi connectivity index (χ3v) is 4.44. The van der Waals surface area contributed by atoms with E-state index in [4.69, 9.17) is 4.74 Å². The molecule has 0 fully saturated rings. The van der Waals surface area contributed by atoms with Crippen molar-refractivity contribution in [3.63, 3.8) is 0 Å². The molecular weight excluding hydrogens is 395 g/mol. The van der Waals surface area contributed by atoms with Crippen LogP contribution in [-0.2, 0) is 6.54 Å². The fraction of sp³-hybridized carbons (Fsp3) is 0.273. The van der Waals surface area contributed by atoms with E-state index >= 15 is 0 Å². The highest BCUT2D eigenvalue weighted by atomic mass is 19.4. The highest BCUT2D eigenvalue weighted by Gasteiger charge is 2.28. The molecule has 1 N–H and O–H groups in total. The maximum atomic E-state index is 12.3. The molecule has 0 bridgehead atoms. The molecule has 0 saturated carbocycles. The Kier molecular flexibility index (Phi) is 6.89. The number of ether oxygens (including phenoxy) is 2. The summed E-state index contributed by atoms with van der Waals surface area (Å²) in [5.74, 6) is 0.304. The fourth-order valence-corrected chi connectivity index (χ4v) is 2.87. The molecule has 30 heavy (non-hydrogen) atoms. The first-order valence-corrected chi connectivity index (χ1v) is 9.33. The maximum absolute atomic E-state index is 12.3. The molecule has 2 aromatic heterocycles. The van der Waals surface area contributed by atoms with Crippen molar-refractivity contribution in [1.29, 1.82) is 0 Å². The molecule has 1 atom stereocenters. The van der Waals surface area contributed by atoms with Gasteiger partial charge >= 0.3 is 6.18 Å². The van der Waals surface area contributed by atoms with Crippen LogP contribution in [0.1, 0.15) is 24.1 Å². The average molecular weight is 417 g/mol. The summed E-state index contributed by atoms with van der Waals surface area (Å²) in [6.07, 6.45) is -1.25. The van der Waals surface area contributed by atoms with E-state index in [1.54, 1.807) is 12.3 Å². The van der Waals surface area contributed by atoms with Crippen LogP contribution in [0.4, 0.5) is 13.2 Å². The first-order valence-electron chi connectivity index (χ1n) is 9.33. The summed E-state index contributed by atoms with van der Waals surface area (Å²) >= 11 is 0. The highest BCUT2D eigenvalue weighted by molar-refractivity contribution is 5.68. The Balaban J connectivity index is 1.73. The van der Waals surface area contributed by atoms with Crippen molar-refractivity contribution in [1.82, 2.24) is 15.3 Å². The van der Waals surface area contributed by atoms with Crippen molar-refractivity contribution in [3.05, 3.63) is 72.1 Å². The zero-order valence-corrected chi connectivity index (χ0v) is 16.6. The standard InChI is InChI=1S/C22H22F3N3O2/c1-15(17-6-4-3-5-7-17)26-11-16-10-19(21(29-2)28-12-16)18-8-9-20(27-13-18)30-14-22(23,24)25/h3-10,12-13,15,26H,11,14H2,1-2H3/t15-/m1/s1. The zero-order chi connectivity index (χ0) is 21.6. The molecule has 3 aromatic rings. The summed E-state index contributed by atoms with van der Waals surface area (Å²) in [5, 5.41) is 3.45. The quantitative estimate of drug-likeness (QED) is 0.562. The minimum atomic E-state index is -4.41. The van der Waals surface area contributed by atoms with E-state index in [0.717, 1.165) is 5.56 Å². The summed E-state index contributed by atoms with van der Waals surface area (Å²) in [6, 6.07) is 15.2. The van der Waals surface area contributed by atoms with Gasteiger partial charge in [0, 0.05) is 42.2 Å². The number of nitrogens with zero attached hydrogens (tertiary/aromatic N) is 2. The number of rotatable bonds is 8. The van der Waals surface area contributed by atoms with Gasteiger partial charge in [0.25, 0.3) is 0 Å². The number of hydrogen-bond donors (Lipinski definition) is 1. The number of benzene rings is 1. The van der Waals surface area contributed by atoms with E-state index in [1.165, 1.54) is 24.9 Å². The van der Waals surface area contributed by atoms with Crippen molar-refractivity contribution in [3.8, 4) is 22.9 Å². The van der Waals surface area contributed by atoms with Gasteiger partial charge in [-0.25, -0.2) is 9.97 Å². The molecule has 5 nitrogen and oxygen atoms in total. The van der Waals surface area contributed by atoms with E-state index in [2.05, 4.69) is 39.1 Å². The molecule has 2 heterocycles. The Morgan fingerprint density at radius 2 is 1.80 bits per heavy atom. The number of hydrogen-bond acceptors (Lipinski definition) is 5. The Morgan fingerprint density at radius 3 is 2.43 bits per heavy atom. The molecule has 1 aromatic carbocycles. The summed E-state index contributed by atoms with van der Waals surface area (Å²) < 4.78 is 46.8. The van der Waals surface area contributed by atoms with Crippen molar-refractivity contribution in [2.45, 2.75) is 25.7 Å². The van der Waals surface area contributed by atoms with E-state index in [1.807, 2.05) is 24.3 Å². The molecule has 0 amide bonds. The Bertz CT molecular complexity index is 948. The van der Waals surface area contributed by atoms with Crippen molar-refractivity contribution < 1.29 is 22.6 Å². The predicted octanol–water partition coefficient (Wildman–Crippen LogP) is 4.94. The summed E-state index contributed by atoms with van der Waals surface area (Å²) in [4.78, 5) is 8.30. The molecule has 0 unspecified atom stereocenters. The van der Waals surface area contributed by atoms with Gasteiger partial charge in [-0.05, 0) is 30.2 Å². The van der Waals surface area contributed by atoms with Crippen LogP contribution >= 0.6 is 0 Å². The highest BCUT2D eigenvalue weighted by Crippen LogP contribution is 2.29. The van der Waals surface area contributed by atoms with Crippen LogP contribution in [0.5, 0.6) is 11.8 Å². The van der Waals surface area contributed by atoms with E-state index in [-0.39, 0.29) is 11.9 Å². The van der Waals surface area contributed by atoms with E-state index in [0.29, 0.717) is 23.6 Å². The fourth-order valence-electron chi connectivity index (χ4n) is 2.87. The molecule has 158 valence electrons. The maximum Gasteiger partial charge on any atom is 0.422 e. The molecule has 0 spiro atoms. The van der Waals surface area contributed by atoms with Gasteiger partial charge in [-0.2, -0.15) is 13.2 Å². The first-order chi connectivity index (χ1) is 14.4. The number of nitrogens with one attached hydrogen (secondary N) is 1. The monoisotopic (exact) mass is 417 g/mol. The lowest BCUT2D eigenvalue weighted by atomic mass is 10.1. The second kappa shape index (κ2) is 9.58. The van der Waals surface area contributed by atoms with Crippen molar-refractivity contribution in [2.24, 2.45) is 0 Å². The van der Waals surface area contributed by atoms with Crippen LogP contribution in [0.3, 0.4) is 0 Å². The number of halogens is 3. The van der Waals surface area contributed by atoms with E-state index in [9.17, 15) is 13.2 Å². The third kappa shape index (κ3) is 5.93. The van der Waals surface area contributed by atoms with Crippen molar-refractivity contribution >= 4 is 0 Å². The molecule has 0 aliphatic heterocycles. The largest absolute Gasteiger partial charge is 0.481 e. The van der Waals surface area contributed by atoms with Gasteiger partial charge in [-0.1, -0.05) is 30.3 Å². The van der Waals surface area contributed by atoms with Crippen LogP contribution in [0, 0.1) is 0 Å². The molecule has 0 aliphatic rings. The van der Waals surface area contributed by atoms with Gasteiger partial charge in [-0.3, -0.25) is 0 Å². The molecule has 8 heteroatoms. The van der Waals surface area contributed by atoms with Gasteiger partial charge in [0.15, 0.2) is 6.61 Å². The summed E-state index contributed by atoms with van der Waals surface area (Å²) in [5.41, 5.74) is 3.47. The number of alkyl halides is 3.